The van der Waals surface area contributed by atoms with Gasteiger partial charge < -0.3 is 10.1 Å². The Morgan fingerprint density at radius 3 is 2.95 bits per heavy atom. The molecule has 3 nitrogen and oxygen atoms in total. The Bertz CT molecular complexity index is 594. The predicted molar refractivity (Wildman–Crippen MR) is 79.7 cm³/mol. The summed E-state index contributed by atoms with van der Waals surface area (Å²) < 4.78 is 5.61. The molecule has 0 fully saturated rings. The SMILES string of the molecule is CC(OC(=O)C1NCCc2sccc21)c1ccccc1. The van der Waals surface area contributed by atoms with E-state index in [0.29, 0.717) is 0 Å². The smallest absolute Gasteiger partial charge is 0.328 e. The summed E-state index contributed by atoms with van der Waals surface area (Å²) >= 11 is 1.71. The summed E-state index contributed by atoms with van der Waals surface area (Å²) in [5.74, 6) is -0.194. The molecule has 0 spiro atoms. The molecule has 0 saturated carbocycles. The number of nitrogens with one attached hydrogen (secondary N) is 1. The monoisotopic (exact) mass is 287 g/mol. The highest BCUT2D eigenvalue weighted by atomic mass is 32.1. The van der Waals surface area contributed by atoms with Crippen molar-refractivity contribution in [3.63, 3.8) is 0 Å². The largest absolute Gasteiger partial charge is 0.456 e. The van der Waals surface area contributed by atoms with Crippen LogP contribution in [0.1, 0.15) is 35.1 Å². The standard InChI is InChI=1S/C16H17NO2S/c1-11(12-5-3-2-4-6-12)19-16(18)15-13-8-10-20-14(13)7-9-17-15/h2-6,8,10-11,15,17H,7,9H2,1H3. The molecule has 2 unspecified atom stereocenters. The Morgan fingerprint density at radius 1 is 1.35 bits per heavy atom. The number of carbonyl (C=O) groups is 1. The molecule has 104 valence electrons. The van der Waals surface area contributed by atoms with E-state index in [1.165, 1.54) is 4.88 Å². The van der Waals surface area contributed by atoms with Crippen LogP contribution in [-0.2, 0) is 16.0 Å². The fraction of sp³-hybridized carbons (Fsp3) is 0.312. The summed E-state index contributed by atoms with van der Waals surface area (Å²) in [6.07, 6.45) is 0.764. The molecule has 20 heavy (non-hydrogen) atoms. The van der Waals surface area contributed by atoms with E-state index in [1.807, 2.05) is 48.7 Å². The first-order chi connectivity index (χ1) is 9.75. The van der Waals surface area contributed by atoms with Crippen LogP contribution in [0.15, 0.2) is 41.8 Å². The first-order valence-corrected chi connectivity index (χ1v) is 7.69. The van der Waals surface area contributed by atoms with Gasteiger partial charge in [0, 0.05) is 11.4 Å². The Morgan fingerprint density at radius 2 is 2.15 bits per heavy atom. The van der Waals surface area contributed by atoms with E-state index in [-0.39, 0.29) is 18.1 Å². The minimum Gasteiger partial charge on any atom is -0.456 e. The van der Waals surface area contributed by atoms with Gasteiger partial charge in [0.25, 0.3) is 0 Å². The molecular weight excluding hydrogens is 270 g/mol. The first kappa shape index (κ1) is 13.3. The van der Waals surface area contributed by atoms with Gasteiger partial charge in [-0.1, -0.05) is 30.3 Å². The van der Waals surface area contributed by atoms with Gasteiger partial charge in [0.15, 0.2) is 0 Å². The fourth-order valence-corrected chi connectivity index (χ4v) is 3.42. The third-order valence-electron chi connectivity index (χ3n) is 3.59. The summed E-state index contributed by atoms with van der Waals surface area (Å²) in [6, 6.07) is 11.5. The van der Waals surface area contributed by atoms with Crippen LogP contribution in [0.2, 0.25) is 0 Å². The second kappa shape index (κ2) is 5.77. The zero-order valence-corrected chi connectivity index (χ0v) is 12.2. The summed E-state index contributed by atoms with van der Waals surface area (Å²) in [5.41, 5.74) is 2.09. The van der Waals surface area contributed by atoms with Gasteiger partial charge in [-0.25, -0.2) is 4.79 Å². The van der Waals surface area contributed by atoms with Crippen molar-refractivity contribution in [2.24, 2.45) is 0 Å². The van der Waals surface area contributed by atoms with Crippen molar-refractivity contribution >= 4 is 17.3 Å². The van der Waals surface area contributed by atoms with Gasteiger partial charge in [0.1, 0.15) is 12.1 Å². The molecule has 0 aliphatic carbocycles. The van der Waals surface area contributed by atoms with E-state index in [0.717, 1.165) is 24.1 Å². The lowest BCUT2D eigenvalue weighted by Gasteiger charge is -2.24. The van der Waals surface area contributed by atoms with E-state index < -0.39 is 0 Å². The molecule has 2 atom stereocenters. The van der Waals surface area contributed by atoms with Crippen molar-refractivity contribution < 1.29 is 9.53 Å². The van der Waals surface area contributed by atoms with E-state index in [4.69, 9.17) is 4.74 Å². The molecule has 0 radical (unpaired) electrons. The number of thiophene rings is 1. The van der Waals surface area contributed by atoms with E-state index in [1.54, 1.807) is 11.3 Å². The molecule has 0 saturated heterocycles. The molecule has 1 aliphatic rings. The van der Waals surface area contributed by atoms with Gasteiger partial charge in [-0.2, -0.15) is 0 Å². The number of ether oxygens (including phenoxy) is 1. The van der Waals surface area contributed by atoms with Crippen molar-refractivity contribution in [1.82, 2.24) is 5.32 Å². The molecule has 1 aromatic heterocycles. The van der Waals surface area contributed by atoms with Crippen LogP contribution in [0.5, 0.6) is 0 Å². The summed E-state index contributed by atoms with van der Waals surface area (Å²) in [6.45, 7) is 2.73. The number of benzene rings is 1. The third kappa shape index (κ3) is 2.62. The average Bonchev–Trinajstić information content (AvgIpc) is 2.96. The Hall–Kier alpha value is -1.65. The van der Waals surface area contributed by atoms with Crippen LogP contribution in [0.4, 0.5) is 0 Å². The van der Waals surface area contributed by atoms with Gasteiger partial charge >= 0.3 is 5.97 Å². The van der Waals surface area contributed by atoms with Crippen molar-refractivity contribution in [2.45, 2.75) is 25.5 Å². The molecule has 3 rings (SSSR count). The fourth-order valence-electron chi connectivity index (χ4n) is 2.50. The minimum absolute atomic E-state index is 0.194. The van der Waals surface area contributed by atoms with Crippen LogP contribution in [0, 0.1) is 0 Å². The third-order valence-corrected chi connectivity index (χ3v) is 4.59. The van der Waals surface area contributed by atoms with Crippen LogP contribution in [0.25, 0.3) is 0 Å². The van der Waals surface area contributed by atoms with Gasteiger partial charge in [-0.15, -0.1) is 11.3 Å². The van der Waals surface area contributed by atoms with Crippen LogP contribution in [-0.4, -0.2) is 12.5 Å². The Kier molecular flexibility index (Phi) is 3.85. The van der Waals surface area contributed by atoms with Gasteiger partial charge in [0.2, 0.25) is 0 Å². The number of esters is 1. The number of hydrogen-bond acceptors (Lipinski definition) is 4. The first-order valence-electron chi connectivity index (χ1n) is 6.81. The Balaban J connectivity index is 1.72. The van der Waals surface area contributed by atoms with Crippen molar-refractivity contribution in [3.8, 4) is 0 Å². The summed E-state index contributed by atoms with van der Waals surface area (Å²) in [5, 5.41) is 5.29. The summed E-state index contributed by atoms with van der Waals surface area (Å²) in [7, 11) is 0. The molecule has 2 aromatic rings. The quantitative estimate of drug-likeness (QED) is 0.881. The number of rotatable bonds is 3. The van der Waals surface area contributed by atoms with Crippen LogP contribution in [0.3, 0.4) is 0 Å². The van der Waals surface area contributed by atoms with Crippen LogP contribution < -0.4 is 5.32 Å². The molecule has 4 heteroatoms. The second-order valence-corrected chi connectivity index (χ2v) is 5.93. The zero-order valence-electron chi connectivity index (χ0n) is 11.3. The molecule has 2 heterocycles. The maximum atomic E-state index is 12.4. The average molecular weight is 287 g/mol. The Labute approximate surface area is 122 Å². The molecule has 0 amide bonds. The molecule has 0 bridgehead atoms. The lowest BCUT2D eigenvalue weighted by molar-refractivity contribution is -0.151. The lowest BCUT2D eigenvalue weighted by Crippen LogP contribution is -2.35. The van der Waals surface area contributed by atoms with Gasteiger partial charge in [0.05, 0.1) is 0 Å². The van der Waals surface area contributed by atoms with Crippen molar-refractivity contribution in [1.29, 1.82) is 0 Å². The predicted octanol–water partition coefficient (Wildman–Crippen LogP) is 3.24. The van der Waals surface area contributed by atoms with E-state index >= 15 is 0 Å². The van der Waals surface area contributed by atoms with Crippen molar-refractivity contribution in [3.05, 3.63) is 57.8 Å². The highest BCUT2D eigenvalue weighted by Crippen LogP contribution is 2.29. The maximum absolute atomic E-state index is 12.4. The lowest BCUT2D eigenvalue weighted by atomic mass is 10.0. The summed E-state index contributed by atoms with van der Waals surface area (Å²) in [4.78, 5) is 13.7. The maximum Gasteiger partial charge on any atom is 0.328 e. The second-order valence-electron chi connectivity index (χ2n) is 4.93. The molecule has 1 N–H and O–H groups in total. The zero-order chi connectivity index (χ0) is 13.9. The molecule has 1 aliphatic heterocycles. The number of carbonyl (C=O) groups excluding carboxylic acids is 1. The van der Waals surface area contributed by atoms with E-state index in [2.05, 4.69) is 5.32 Å². The highest BCUT2D eigenvalue weighted by Gasteiger charge is 2.29. The molecular formula is C16H17NO2S. The molecule has 1 aromatic carbocycles. The van der Waals surface area contributed by atoms with Crippen LogP contribution >= 0.6 is 11.3 Å². The number of hydrogen-bond donors (Lipinski definition) is 1. The van der Waals surface area contributed by atoms with Crippen molar-refractivity contribution in [2.75, 3.05) is 6.54 Å². The van der Waals surface area contributed by atoms with E-state index in [9.17, 15) is 4.79 Å². The number of fused-ring (bicyclic) bond motifs is 1. The minimum atomic E-state index is -0.323. The topological polar surface area (TPSA) is 38.3 Å². The van der Waals surface area contributed by atoms with Gasteiger partial charge in [-0.05, 0) is 35.9 Å². The highest BCUT2D eigenvalue weighted by molar-refractivity contribution is 7.10. The van der Waals surface area contributed by atoms with Gasteiger partial charge in [-0.3, -0.25) is 0 Å². The normalized spacial score (nSPS) is 19.1.